The third kappa shape index (κ3) is 4.51. The van der Waals surface area contributed by atoms with E-state index >= 15 is 0 Å². The van der Waals surface area contributed by atoms with E-state index in [1.54, 1.807) is 0 Å². The van der Waals surface area contributed by atoms with Gasteiger partial charge in [-0.2, -0.15) is 0 Å². The molecule has 5 heteroatoms. The van der Waals surface area contributed by atoms with Gasteiger partial charge < -0.3 is 15.2 Å². The van der Waals surface area contributed by atoms with Crippen LogP contribution < -0.4 is 10.5 Å². The van der Waals surface area contributed by atoms with Gasteiger partial charge in [0.1, 0.15) is 5.75 Å². The van der Waals surface area contributed by atoms with E-state index in [4.69, 9.17) is 15.2 Å². The Morgan fingerprint density at radius 1 is 1.32 bits per heavy atom. The average Bonchev–Trinajstić information content (AvgIpc) is 2.46. The highest BCUT2D eigenvalue weighted by atomic mass is 32.2. The summed E-state index contributed by atoms with van der Waals surface area (Å²) >= 11 is 0. The number of anilines is 1. The molecule has 1 saturated heterocycles. The fraction of sp³-hybridized carbons (Fsp3) is 0.571. The van der Waals surface area contributed by atoms with Gasteiger partial charge in [-0.05, 0) is 31.4 Å². The standard InChI is InChI=1S/C14H21NO3S/c15-13-4-1-2-5-14(13)18-8-3-11-19(16)12-6-9-17-10-7-12/h1-2,4-5,12H,3,6-11,15H2. The molecule has 2 N–H and O–H groups in total. The highest BCUT2D eigenvalue weighted by Crippen LogP contribution is 2.20. The third-order valence-corrected chi connectivity index (χ3v) is 5.11. The first-order valence-corrected chi connectivity index (χ1v) is 8.08. The Morgan fingerprint density at radius 3 is 2.79 bits per heavy atom. The number of rotatable bonds is 6. The predicted octanol–water partition coefficient (Wildman–Crippen LogP) is 1.97. The Hall–Kier alpha value is -1.07. The van der Waals surface area contributed by atoms with Gasteiger partial charge >= 0.3 is 0 Å². The SMILES string of the molecule is Nc1ccccc1OCCCS(=O)C1CCOCC1. The molecule has 1 unspecified atom stereocenters. The van der Waals surface area contributed by atoms with E-state index in [0.29, 0.717) is 29.0 Å². The van der Waals surface area contributed by atoms with Crippen LogP contribution >= 0.6 is 0 Å². The molecular weight excluding hydrogens is 262 g/mol. The number of nitrogen functional groups attached to an aromatic ring is 1. The van der Waals surface area contributed by atoms with Crippen LogP contribution in [-0.4, -0.2) is 35.0 Å². The van der Waals surface area contributed by atoms with Crippen molar-refractivity contribution in [2.45, 2.75) is 24.5 Å². The van der Waals surface area contributed by atoms with E-state index in [1.165, 1.54) is 0 Å². The molecule has 1 fully saturated rings. The molecular formula is C14H21NO3S. The minimum Gasteiger partial charge on any atom is -0.491 e. The number of hydrogen-bond acceptors (Lipinski definition) is 4. The average molecular weight is 283 g/mol. The molecule has 0 radical (unpaired) electrons. The van der Waals surface area contributed by atoms with Crippen molar-refractivity contribution in [3.8, 4) is 5.75 Å². The third-order valence-electron chi connectivity index (χ3n) is 3.21. The van der Waals surface area contributed by atoms with E-state index in [9.17, 15) is 4.21 Å². The molecule has 0 aliphatic carbocycles. The first-order chi connectivity index (χ1) is 9.27. The maximum Gasteiger partial charge on any atom is 0.142 e. The fourth-order valence-electron chi connectivity index (χ4n) is 2.10. The summed E-state index contributed by atoms with van der Waals surface area (Å²) < 4.78 is 22.9. The van der Waals surface area contributed by atoms with Gasteiger partial charge in [0.2, 0.25) is 0 Å². The number of hydrogen-bond donors (Lipinski definition) is 1. The second-order valence-electron chi connectivity index (χ2n) is 4.64. The van der Waals surface area contributed by atoms with Crippen molar-refractivity contribution in [3.05, 3.63) is 24.3 Å². The molecule has 0 amide bonds. The van der Waals surface area contributed by atoms with Gasteiger partial charge in [-0.25, -0.2) is 0 Å². The summed E-state index contributed by atoms with van der Waals surface area (Å²) in [5.74, 6) is 1.40. The highest BCUT2D eigenvalue weighted by molar-refractivity contribution is 7.85. The minimum atomic E-state index is -0.761. The Kier molecular flexibility index (Phi) is 5.66. The molecule has 2 rings (SSSR count). The van der Waals surface area contributed by atoms with Crippen LogP contribution in [0.2, 0.25) is 0 Å². The Bertz CT molecular complexity index is 419. The highest BCUT2D eigenvalue weighted by Gasteiger charge is 2.19. The number of benzene rings is 1. The summed E-state index contributed by atoms with van der Waals surface area (Å²) in [5, 5.41) is 0.301. The topological polar surface area (TPSA) is 61.5 Å². The van der Waals surface area contributed by atoms with Crippen LogP contribution in [0, 0.1) is 0 Å². The summed E-state index contributed by atoms with van der Waals surface area (Å²) in [4.78, 5) is 0. The maximum absolute atomic E-state index is 12.1. The number of ether oxygens (including phenoxy) is 2. The van der Waals surface area contributed by atoms with E-state index < -0.39 is 10.8 Å². The van der Waals surface area contributed by atoms with Gasteiger partial charge in [-0.15, -0.1) is 0 Å². The summed E-state index contributed by atoms with van der Waals surface area (Å²) in [7, 11) is -0.761. The molecule has 4 nitrogen and oxygen atoms in total. The van der Waals surface area contributed by atoms with Crippen molar-refractivity contribution >= 4 is 16.5 Å². The van der Waals surface area contributed by atoms with Gasteiger partial charge in [0, 0.05) is 35.0 Å². The zero-order valence-corrected chi connectivity index (χ0v) is 11.9. The molecule has 0 saturated carbocycles. The molecule has 106 valence electrons. The normalized spacial score (nSPS) is 18.1. The number of nitrogens with two attached hydrogens (primary N) is 1. The first kappa shape index (κ1) is 14.3. The van der Waals surface area contributed by atoms with E-state index in [2.05, 4.69) is 0 Å². The smallest absolute Gasteiger partial charge is 0.142 e. The second kappa shape index (κ2) is 7.50. The molecule has 0 bridgehead atoms. The zero-order chi connectivity index (χ0) is 13.5. The van der Waals surface area contributed by atoms with Crippen LogP contribution in [0.4, 0.5) is 5.69 Å². The quantitative estimate of drug-likeness (QED) is 0.640. The van der Waals surface area contributed by atoms with Crippen LogP contribution in [0.15, 0.2) is 24.3 Å². The second-order valence-corrected chi connectivity index (χ2v) is 6.47. The summed E-state index contributed by atoms with van der Waals surface area (Å²) in [6.07, 6.45) is 2.62. The monoisotopic (exact) mass is 283 g/mol. The van der Waals surface area contributed by atoms with Crippen LogP contribution in [0.5, 0.6) is 5.75 Å². The molecule has 0 aromatic heterocycles. The van der Waals surface area contributed by atoms with Crippen molar-refractivity contribution in [2.24, 2.45) is 0 Å². The van der Waals surface area contributed by atoms with Gasteiger partial charge in [0.25, 0.3) is 0 Å². The lowest BCUT2D eigenvalue weighted by Crippen LogP contribution is -2.26. The van der Waals surface area contributed by atoms with E-state index in [0.717, 1.165) is 32.5 Å². The molecule has 1 aromatic carbocycles. The lowest BCUT2D eigenvalue weighted by molar-refractivity contribution is 0.0992. The largest absolute Gasteiger partial charge is 0.491 e. The van der Waals surface area contributed by atoms with Crippen molar-refractivity contribution in [2.75, 3.05) is 31.3 Å². The van der Waals surface area contributed by atoms with E-state index in [1.807, 2.05) is 24.3 Å². The van der Waals surface area contributed by atoms with Crippen molar-refractivity contribution in [3.63, 3.8) is 0 Å². The summed E-state index contributed by atoms with van der Waals surface area (Å²) in [5.41, 5.74) is 6.43. The molecule has 1 atom stereocenters. The van der Waals surface area contributed by atoms with Crippen molar-refractivity contribution < 1.29 is 13.7 Å². The van der Waals surface area contributed by atoms with Crippen molar-refractivity contribution in [1.82, 2.24) is 0 Å². The van der Waals surface area contributed by atoms with Gasteiger partial charge in [0.05, 0.1) is 12.3 Å². The van der Waals surface area contributed by atoms with Crippen LogP contribution in [0.1, 0.15) is 19.3 Å². The molecule has 19 heavy (non-hydrogen) atoms. The lowest BCUT2D eigenvalue weighted by Gasteiger charge is -2.21. The lowest BCUT2D eigenvalue weighted by atomic mass is 10.2. The molecule has 0 spiro atoms. The van der Waals surface area contributed by atoms with Gasteiger partial charge in [-0.1, -0.05) is 12.1 Å². The molecule has 1 aliphatic rings. The van der Waals surface area contributed by atoms with E-state index in [-0.39, 0.29) is 0 Å². The Labute approximate surface area is 116 Å². The maximum atomic E-state index is 12.1. The molecule has 1 aromatic rings. The summed E-state index contributed by atoms with van der Waals surface area (Å²) in [6.45, 7) is 2.05. The van der Waals surface area contributed by atoms with Crippen molar-refractivity contribution in [1.29, 1.82) is 0 Å². The van der Waals surface area contributed by atoms with Gasteiger partial charge in [0.15, 0.2) is 0 Å². The predicted molar refractivity (Wildman–Crippen MR) is 77.8 cm³/mol. The first-order valence-electron chi connectivity index (χ1n) is 6.69. The summed E-state index contributed by atoms with van der Waals surface area (Å²) in [6, 6.07) is 7.44. The Morgan fingerprint density at radius 2 is 2.05 bits per heavy atom. The molecule has 1 aliphatic heterocycles. The Balaban J connectivity index is 1.66. The van der Waals surface area contributed by atoms with Crippen LogP contribution in [-0.2, 0) is 15.5 Å². The van der Waals surface area contributed by atoms with Crippen LogP contribution in [0.25, 0.3) is 0 Å². The number of para-hydroxylation sites is 2. The van der Waals surface area contributed by atoms with Crippen LogP contribution in [0.3, 0.4) is 0 Å². The fourth-order valence-corrected chi connectivity index (χ4v) is 3.55. The zero-order valence-electron chi connectivity index (χ0n) is 11.0. The van der Waals surface area contributed by atoms with Gasteiger partial charge in [-0.3, -0.25) is 4.21 Å². The molecule has 1 heterocycles. The minimum absolute atomic E-state index is 0.301.